The van der Waals surface area contributed by atoms with E-state index in [0.29, 0.717) is 4.57 Å². The van der Waals surface area contributed by atoms with E-state index in [2.05, 4.69) is 0 Å². The Hall–Kier alpha value is -3.21. The summed E-state index contributed by atoms with van der Waals surface area (Å²) in [7, 11) is 1.33. The maximum absolute atomic E-state index is 13.5. The molecule has 3 rings (SSSR count). The number of rotatable bonds is 5. The maximum Gasteiger partial charge on any atom is 0.331 e. The zero-order valence-electron chi connectivity index (χ0n) is 13.4. The number of ether oxygens (including phenoxy) is 1. The number of Topliss-reactive ketones (excluding diaryl/α,β-unsaturated/α-hetero) is 1. The normalized spacial score (nSPS) is 13.3. The number of nitrogens with zero attached hydrogens (tertiary/aromatic N) is 3. The molecule has 2 aromatic rings. The number of carbonyl (C=O) groups excluding carboxylic acids is 1. The molecule has 1 aromatic heterocycles. The first-order valence-corrected chi connectivity index (χ1v) is 7.59. The zero-order chi connectivity index (χ0) is 18.1. The smallest absolute Gasteiger partial charge is 0.331 e. The van der Waals surface area contributed by atoms with Crippen LogP contribution in [-0.2, 0) is 6.54 Å². The van der Waals surface area contributed by atoms with Crippen LogP contribution >= 0.6 is 0 Å². The second kappa shape index (κ2) is 6.36. The third kappa shape index (κ3) is 3.08. The lowest BCUT2D eigenvalue weighted by molar-refractivity contribution is 0.0965. The molecule has 0 atom stereocenters. The summed E-state index contributed by atoms with van der Waals surface area (Å²) in [5.41, 5.74) is -1.79. The van der Waals surface area contributed by atoms with Gasteiger partial charge in [-0.05, 0) is 31.0 Å². The Morgan fingerprint density at radius 3 is 2.72 bits per heavy atom. The Kier molecular flexibility index (Phi) is 4.23. The van der Waals surface area contributed by atoms with E-state index in [4.69, 9.17) is 10.00 Å². The Morgan fingerprint density at radius 2 is 2.12 bits per heavy atom. The van der Waals surface area contributed by atoms with Crippen LogP contribution in [0.15, 0.2) is 34.0 Å². The van der Waals surface area contributed by atoms with Crippen LogP contribution in [0.25, 0.3) is 0 Å². The zero-order valence-corrected chi connectivity index (χ0v) is 13.4. The number of halogens is 1. The van der Waals surface area contributed by atoms with Gasteiger partial charge in [0, 0.05) is 12.2 Å². The van der Waals surface area contributed by atoms with E-state index in [-0.39, 0.29) is 22.9 Å². The number of hydrogen-bond donors (Lipinski definition) is 0. The van der Waals surface area contributed by atoms with Crippen molar-refractivity contribution in [2.75, 3.05) is 7.11 Å². The molecule has 8 heteroatoms. The summed E-state index contributed by atoms with van der Waals surface area (Å²) in [4.78, 5) is 37.3. The van der Waals surface area contributed by atoms with Crippen molar-refractivity contribution in [1.29, 1.82) is 5.26 Å². The van der Waals surface area contributed by atoms with Crippen LogP contribution in [0.2, 0.25) is 0 Å². The Labute approximate surface area is 141 Å². The fraction of sp³-hybridized carbons (Fsp3) is 0.294. The lowest BCUT2D eigenvalue weighted by Gasteiger charge is -2.11. The molecular formula is C17H14FN3O4. The highest BCUT2D eigenvalue weighted by Crippen LogP contribution is 2.33. The van der Waals surface area contributed by atoms with E-state index in [0.717, 1.165) is 25.0 Å². The Balaban J connectivity index is 2.07. The van der Waals surface area contributed by atoms with Gasteiger partial charge in [0.25, 0.3) is 5.56 Å². The van der Waals surface area contributed by atoms with E-state index in [1.165, 1.54) is 23.9 Å². The number of hydrogen-bond acceptors (Lipinski definition) is 5. The second-order valence-electron chi connectivity index (χ2n) is 5.73. The minimum Gasteiger partial charge on any atom is -0.496 e. The van der Waals surface area contributed by atoms with Crippen LogP contribution < -0.4 is 16.0 Å². The summed E-state index contributed by atoms with van der Waals surface area (Å²) in [5.74, 6) is -1.16. The van der Waals surface area contributed by atoms with E-state index in [1.807, 2.05) is 0 Å². The maximum atomic E-state index is 13.5. The highest BCUT2D eigenvalue weighted by atomic mass is 19.1. The first-order chi connectivity index (χ1) is 12.0. The van der Waals surface area contributed by atoms with Crippen LogP contribution in [0.1, 0.15) is 34.8 Å². The molecule has 0 bridgehead atoms. The van der Waals surface area contributed by atoms with Gasteiger partial charge in [-0.25, -0.2) is 9.18 Å². The van der Waals surface area contributed by atoms with Crippen LogP contribution in [-0.4, -0.2) is 22.0 Å². The fourth-order valence-corrected chi connectivity index (χ4v) is 2.58. The van der Waals surface area contributed by atoms with Crippen molar-refractivity contribution < 1.29 is 13.9 Å². The van der Waals surface area contributed by atoms with Gasteiger partial charge in [0.15, 0.2) is 5.78 Å². The molecule has 1 aliphatic carbocycles. The summed E-state index contributed by atoms with van der Waals surface area (Å²) < 4.78 is 20.5. The van der Waals surface area contributed by atoms with E-state index >= 15 is 0 Å². The van der Waals surface area contributed by atoms with Crippen LogP contribution in [0.4, 0.5) is 4.39 Å². The minimum absolute atomic E-state index is 0.0646. The number of carbonyl (C=O) groups is 1. The molecule has 25 heavy (non-hydrogen) atoms. The van der Waals surface area contributed by atoms with Gasteiger partial charge in [0.2, 0.25) is 0 Å². The van der Waals surface area contributed by atoms with Crippen molar-refractivity contribution in [3.63, 3.8) is 0 Å². The molecule has 1 aromatic carbocycles. The van der Waals surface area contributed by atoms with Gasteiger partial charge in [0.05, 0.1) is 19.2 Å². The quantitative estimate of drug-likeness (QED) is 0.762. The van der Waals surface area contributed by atoms with Gasteiger partial charge >= 0.3 is 5.69 Å². The average Bonchev–Trinajstić information content (AvgIpc) is 3.43. The molecule has 0 spiro atoms. The van der Waals surface area contributed by atoms with Crippen molar-refractivity contribution in [2.45, 2.75) is 25.4 Å². The van der Waals surface area contributed by atoms with Crippen molar-refractivity contribution >= 4 is 5.78 Å². The van der Waals surface area contributed by atoms with Crippen LogP contribution in [0.3, 0.4) is 0 Å². The van der Waals surface area contributed by atoms with E-state index in [9.17, 15) is 18.8 Å². The number of methoxy groups -OCH3 is 1. The third-order valence-electron chi connectivity index (χ3n) is 4.02. The number of aromatic nitrogens is 2. The summed E-state index contributed by atoms with van der Waals surface area (Å²) in [5, 5.41) is 9.10. The van der Waals surface area contributed by atoms with Gasteiger partial charge in [-0.3, -0.25) is 18.7 Å². The topological polar surface area (TPSA) is 94.1 Å². The molecule has 1 aliphatic rings. The van der Waals surface area contributed by atoms with E-state index < -0.39 is 29.4 Å². The first-order valence-electron chi connectivity index (χ1n) is 7.59. The molecule has 128 valence electrons. The van der Waals surface area contributed by atoms with Gasteiger partial charge in [0.1, 0.15) is 23.2 Å². The molecule has 7 nitrogen and oxygen atoms in total. The van der Waals surface area contributed by atoms with Crippen molar-refractivity contribution in [3.05, 3.63) is 62.2 Å². The molecule has 0 radical (unpaired) electrons. The number of benzene rings is 1. The third-order valence-corrected chi connectivity index (χ3v) is 4.02. The lowest BCUT2D eigenvalue weighted by Crippen LogP contribution is -2.42. The van der Waals surface area contributed by atoms with Crippen LogP contribution in [0, 0.1) is 17.1 Å². The summed E-state index contributed by atoms with van der Waals surface area (Å²) in [6.07, 6.45) is 2.77. The molecule has 0 aliphatic heterocycles. The van der Waals surface area contributed by atoms with E-state index in [1.54, 1.807) is 6.07 Å². The lowest BCUT2D eigenvalue weighted by atomic mass is 10.1. The fourth-order valence-electron chi connectivity index (χ4n) is 2.58. The van der Waals surface area contributed by atoms with Crippen LogP contribution in [0.5, 0.6) is 5.75 Å². The predicted octanol–water partition coefficient (Wildman–Crippen LogP) is 1.25. The standard InChI is InChI=1S/C17H14FN3O4/c1-25-15-5-2-11(18)6-13(15)14(22)9-21-16(23)10(7-19)8-20(17(21)24)12-3-4-12/h2,5-6,8,12H,3-4,9H2,1H3. The summed E-state index contributed by atoms with van der Waals surface area (Å²) >= 11 is 0. The predicted molar refractivity (Wildman–Crippen MR) is 85.2 cm³/mol. The second-order valence-corrected chi connectivity index (χ2v) is 5.73. The molecular weight excluding hydrogens is 329 g/mol. The summed E-state index contributed by atoms with van der Waals surface area (Å²) in [6.45, 7) is -0.598. The molecule has 1 fully saturated rings. The van der Waals surface area contributed by atoms with Crippen molar-refractivity contribution in [3.8, 4) is 11.8 Å². The number of ketones is 1. The highest BCUT2D eigenvalue weighted by molar-refractivity contribution is 5.98. The molecule has 1 heterocycles. The largest absolute Gasteiger partial charge is 0.496 e. The first kappa shape index (κ1) is 16.6. The van der Waals surface area contributed by atoms with Gasteiger partial charge in [-0.15, -0.1) is 0 Å². The molecule has 0 amide bonds. The highest BCUT2D eigenvalue weighted by Gasteiger charge is 2.27. The molecule has 0 unspecified atom stereocenters. The monoisotopic (exact) mass is 343 g/mol. The molecule has 1 saturated carbocycles. The average molecular weight is 343 g/mol. The van der Waals surface area contributed by atoms with Crippen molar-refractivity contribution in [1.82, 2.24) is 9.13 Å². The SMILES string of the molecule is COc1ccc(F)cc1C(=O)Cn1c(=O)c(C#N)cn(C2CC2)c1=O. The number of nitriles is 1. The minimum atomic E-state index is -0.840. The molecule has 0 saturated heterocycles. The Morgan fingerprint density at radius 1 is 1.40 bits per heavy atom. The molecule has 0 N–H and O–H groups in total. The van der Waals surface area contributed by atoms with Gasteiger partial charge in [-0.2, -0.15) is 5.26 Å². The van der Waals surface area contributed by atoms with Gasteiger partial charge in [-0.1, -0.05) is 0 Å². The summed E-state index contributed by atoms with van der Waals surface area (Å²) in [6, 6.07) is 5.09. The van der Waals surface area contributed by atoms with Crippen molar-refractivity contribution in [2.24, 2.45) is 0 Å². The van der Waals surface area contributed by atoms with Gasteiger partial charge < -0.3 is 4.74 Å². The Bertz CT molecular complexity index is 1010.